The molecule has 74 heavy (non-hydrogen) atoms. The molecule has 9 aromatic carbocycles. The van der Waals surface area contributed by atoms with E-state index >= 15 is 0 Å². The summed E-state index contributed by atoms with van der Waals surface area (Å²) in [5, 5.41) is 0. The topological polar surface area (TPSA) is 9.72 Å². The molecule has 1 heterocycles. The fourth-order valence-electron chi connectivity index (χ4n) is 12.8. The van der Waals surface area contributed by atoms with Crippen molar-refractivity contribution < 1.29 is 0 Å². The Morgan fingerprint density at radius 1 is 0.284 bits per heavy atom. The summed E-state index contributed by atoms with van der Waals surface area (Å²) in [6.45, 7) is 36.4. The number of benzene rings is 9. The van der Waals surface area contributed by atoms with E-state index in [2.05, 4.69) is 277 Å². The lowest BCUT2D eigenvalue weighted by Crippen LogP contribution is -2.37. The van der Waals surface area contributed by atoms with Crippen molar-refractivity contribution in [2.45, 2.75) is 116 Å². The van der Waals surface area contributed by atoms with Crippen LogP contribution < -0.4 is 14.7 Å². The first kappa shape index (κ1) is 49.9. The standard InChI is InChI=1S/C71H73N3/c1-42-38-46(5)67(54(13)50(42)9)73(68-47(6)39-43(2)51(10)55(68)14)61-34-30-58(31-35-61)71(63-26-20-22-28-65(63)72(60-24-18-17-19-25-60)66-29-23-21-27-64(66)71)59-32-36-62(37-33-59)74(69-48(7)40-44(3)52(11)56(69)15)70-49(8)41-45(4)53(12)57(70)16/h17-41H,1-16H3. The monoisotopic (exact) mass is 968 g/mol. The number of fused-ring (bicyclic) bond motifs is 2. The highest BCUT2D eigenvalue weighted by atomic mass is 15.2. The Labute approximate surface area is 442 Å². The summed E-state index contributed by atoms with van der Waals surface area (Å²) in [5.41, 5.74) is 35.8. The number of aryl methyl sites for hydroxylation is 8. The van der Waals surface area contributed by atoms with Crippen LogP contribution in [0.5, 0.6) is 0 Å². The molecule has 0 aliphatic carbocycles. The number of anilines is 9. The first-order chi connectivity index (χ1) is 35.4. The van der Waals surface area contributed by atoms with Crippen LogP contribution in [-0.2, 0) is 5.41 Å². The van der Waals surface area contributed by atoms with E-state index in [4.69, 9.17) is 0 Å². The molecular formula is C71H73N3. The van der Waals surface area contributed by atoms with Gasteiger partial charge in [0.1, 0.15) is 0 Å². The minimum absolute atomic E-state index is 0.706. The van der Waals surface area contributed by atoms with Crippen LogP contribution in [0, 0.1) is 111 Å². The fourth-order valence-corrected chi connectivity index (χ4v) is 12.8. The lowest BCUT2D eigenvalue weighted by Gasteiger charge is -2.46. The van der Waals surface area contributed by atoms with Crippen molar-refractivity contribution in [3.05, 3.63) is 263 Å². The SMILES string of the molecule is Cc1cc(C)c(N(c2ccc(C3(c4ccc(N(c5c(C)cc(C)c(C)c5C)c5c(C)cc(C)c(C)c5C)cc4)c4ccccc4N(c4ccccc4)c4ccccc43)cc2)c2c(C)cc(C)c(C)c2C)c(C)c1C. The maximum Gasteiger partial charge on any atom is 0.0742 e. The van der Waals surface area contributed by atoms with Gasteiger partial charge >= 0.3 is 0 Å². The smallest absolute Gasteiger partial charge is 0.0742 e. The van der Waals surface area contributed by atoms with Crippen molar-refractivity contribution in [3.8, 4) is 0 Å². The van der Waals surface area contributed by atoms with Gasteiger partial charge in [-0.3, -0.25) is 0 Å². The zero-order valence-electron chi connectivity index (χ0n) is 46.8. The molecule has 3 nitrogen and oxygen atoms in total. The van der Waals surface area contributed by atoms with Crippen molar-refractivity contribution in [2.24, 2.45) is 0 Å². The maximum absolute atomic E-state index is 2.56. The van der Waals surface area contributed by atoms with Crippen LogP contribution in [0.4, 0.5) is 51.2 Å². The van der Waals surface area contributed by atoms with Crippen molar-refractivity contribution >= 4 is 51.2 Å². The van der Waals surface area contributed by atoms with Gasteiger partial charge in [0.2, 0.25) is 0 Å². The van der Waals surface area contributed by atoms with Gasteiger partial charge in [0, 0.05) is 17.1 Å². The normalized spacial score (nSPS) is 12.7. The third kappa shape index (κ3) is 7.78. The van der Waals surface area contributed by atoms with E-state index in [0.29, 0.717) is 0 Å². The minimum atomic E-state index is -0.706. The largest absolute Gasteiger partial charge is 0.310 e. The van der Waals surface area contributed by atoms with Gasteiger partial charge in [-0.05, 0) is 271 Å². The summed E-state index contributed by atoms with van der Waals surface area (Å²) in [6.07, 6.45) is 0. The minimum Gasteiger partial charge on any atom is -0.310 e. The van der Waals surface area contributed by atoms with E-state index in [1.807, 2.05) is 0 Å². The molecule has 1 aliphatic heterocycles. The van der Waals surface area contributed by atoms with Crippen LogP contribution in [0.2, 0.25) is 0 Å². The summed E-state index contributed by atoms with van der Waals surface area (Å²) in [5.74, 6) is 0. The Kier molecular flexibility index (Phi) is 12.8. The van der Waals surface area contributed by atoms with E-state index < -0.39 is 5.41 Å². The molecule has 0 radical (unpaired) electrons. The number of nitrogens with zero attached hydrogens (tertiary/aromatic N) is 3. The lowest BCUT2D eigenvalue weighted by molar-refractivity contribution is 0.731. The molecule has 0 N–H and O–H groups in total. The molecule has 0 saturated heterocycles. The molecular weight excluding hydrogens is 895 g/mol. The Bertz CT molecular complexity index is 3320. The first-order valence-corrected chi connectivity index (χ1v) is 26.5. The highest BCUT2D eigenvalue weighted by Gasteiger charge is 2.46. The van der Waals surface area contributed by atoms with Crippen LogP contribution in [-0.4, -0.2) is 0 Å². The van der Waals surface area contributed by atoms with Crippen molar-refractivity contribution in [1.82, 2.24) is 0 Å². The van der Waals surface area contributed by atoms with E-state index in [1.165, 1.54) is 145 Å². The van der Waals surface area contributed by atoms with Crippen molar-refractivity contribution in [1.29, 1.82) is 0 Å². The lowest BCUT2D eigenvalue weighted by atomic mass is 9.62. The molecule has 0 bridgehead atoms. The maximum atomic E-state index is 2.56. The summed E-state index contributed by atoms with van der Waals surface area (Å²) in [4.78, 5) is 7.57. The molecule has 0 spiro atoms. The molecule has 10 rings (SSSR count). The molecule has 0 saturated carbocycles. The Balaban J connectivity index is 1.26. The molecule has 9 aromatic rings. The molecule has 0 amide bonds. The van der Waals surface area contributed by atoms with E-state index in [1.54, 1.807) is 0 Å². The summed E-state index contributed by atoms with van der Waals surface area (Å²) >= 11 is 0. The number of para-hydroxylation sites is 3. The van der Waals surface area contributed by atoms with Gasteiger partial charge in [0.25, 0.3) is 0 Å². The van der Waals surface area contributed by atoms with Gasteiger partial charge in [-0.2, -0.15) is 0 Å². The van der Waals surface area contributed by atoms with Crippen molar-refractivity contribution in [3.63, 3.8) is 0 Å². The average molecular weight is 968 g/mol. The molecule has 0 atom stereocenters. The van der Waals surface area contributed by atoms with Crippen LogP contribution in [0.1, 0.15) is 111 Å². The third-order valence-corrected chi connectivity index (χ3v) is 17.4. The highest BCUT2D eigenvalue weighted by Crippen LogP contribution is 2.58. The van der Waals surface area contributed by atoms with E-state index in [0.717, 1.165) is 17.1 Å². The highest BCUT2D eigenvalue weighted by molar-refractivity contribution is 5.91. The Morgan fingerprint density at radius 3 is 0.878 bits per heavy atom. The zero-order valence-corrected chi connectivity index (χ0v) is 46.8. The first-order valence-electron chi connectivity index (χ1n) is 26.5. The second-order valence-corrected chi connectivity index (χ2v) is 21.7. The van der Waals surface area contributed by atoms with Gasteiger partial charge in [-0.15, -0.1) is 0 Å². The van der Waals surface area contributed by atoms with Crippen molar-refractivity contribution in [2.75, 3.05) is 14.7 Å². The molecule has 1 aliphatic rings. The Hall–Kier alpha value is -7.62. The van der Waals surface area contributed by atoms with Crippen LogP contribution in [0.25, 0.3) is 0 Å². The molecule has 372 valence electrons. The average Bonchev–Trinajstić information content (AvgIpc) is 3.42. The van der Waals surface area contributed by atoms with E-state index in [9.17, 15) is 0 Å². The summed E-state index contributed by atoms with van der Waals surface area (Å²) in [6, 6.07) is 57.8. The quantitative estimate of drug-likeness (QED) is 0.143. The molecule has 3 heteroatoms. The second-order valence-electron chi connectivity index (χ2n) is 21.7. The van der Waals surface area contributed by atoms with E-state index in [-0.39, 0.29) is 0 Å². The zero-order chi connectivity index (χ0) is 52.7. The second kappa shape index (κ2) is 19.0. The van der Waals surface area contributed by atoms with Gasteiger partial charge in [-0.25, -0.2) is 0 Å². The summed E-state index contributed by atoms with van der Waals surface area (Å²) < 4.78 is 0. The predicted octanol–water partition coefficient (Wildman–Crippen LogP) is 19.7. The number of hydrogen-bond donors (Lipinski definition) is 0. The van der Waals surface area contributed by atoms with Gasteiger partial charge in [-0.1, -0.05) is 103 Å². The van der Waals surface area contributed by atoms with Gasteiger partial charge in [0.15, 0.2) is 0 Å². The van der Waals surface area contributed by atoms with Gasteiger partial charge < -0.3 is 14.7 Å². The van der Waals surface area contributed by atoms with Gasteiger partial charge in [0.05, 0.1) is 39.5 Å². The summed E-state index contributed by atoms with van der Waals surface area (Å²) in [7, 11) is 0. The molecule has 0 aromatic heterocycles. The number of rotatable bonds is 9. The van der Waals surface area contributed by atoms with Crippen LogP contribution in [0.3, 0.4) is 0 Å². The molecule has 0 fully saturated rings. The fraction of sp³-hybridized carbons (Fsp3) is 0.239. The predicted molar refractivity (Wildman–Crippen MR) is 318 cm³/mol. The van der Waals surface area contributed by atoms with Crippen LogP contribution >= 0.6 is 0 Å². The Morgan fingerprint density at radius 2 is 0.568 bits per heavy atom. The third-order valence-electron chi connectivity index (χ3n) is 17.4. The molecule has 0 unspecified atom stereocenters. The van der Waals surface area contributed by atoms with Crippen LogP contribution in [0.15, 0.2) is 152 Å². The number of hydrogen-bond acceptors (Lipinski definition) is 3.